The first kappa shape index (κ1) is 27.2. The number of carbonyl (C=O) groups excluding carboxylic acids is 2. The van der Waals surface area contributed by atoms with Crippen LogP contribution in [0.4, 0.5) is 5.69 Å². The van der Waals surface area contributed by atoms with Crippen molar-refractivity contribution in [3.05, 3.63) is 97.4 Å². The molecule has 9 heteroatoms. The van der Waals surface area contributed by atoms with Crippen LogP contribution in [0, 0.1) is 0 Å². The molecule has 0 atom stereocenters. The molecule has 2 aliphatic rings. The summed E-state index contributed by atoms with van der Waals surface area (Å²) in [6, 6.07) is 20.0. The number of nitrogens with one attached hydrogen (secondary N) is 1. The molecule has 0 bridgehead atoms. The van der Waals surface area contributed by atoms with Crippen molar-refractivity contribution >= 4 is 56.6 Å². The van der Waals surface area contributed by atoms with Crippen LogP contribution in [0.15, 0.2) is 65.1 Å². The molecular weight excluding hydrogens is 587 g/mol. The van der Waals surface area contributed by atoms with Crippen molar-refractivity contribution in [2.45, 2.75) is 26.1 Å². The van der Waals surface area contributed by atoms with Gasteiger partial charge >= 0.3 is 11.8 Å². The molecule has 198 valence electrons. The SMILES string of the molecule is O=C(Nc1cc(Br)ccc1CN1CCN(Cc2ccccc2)CC1)C(=O)N1CCc2c(ccc(Cl)c2Cl)C1. The van der Waals surface area contributed by atoms with E-state index in [9.17, 15) is 9.59 Å². The van der Waals surface area contributed by atoms with E-state index in [1.165, 1.54) is 5.56 Å². The summed E-state index contributed by atoms with van der Waals surface area (Å²) in [5.41, 5.74) is 4.82. The maximum Gasteiger partial charge on any atom is 0.313 e. The number of rotatable bonds is 5. The lowest BCUT2D eigenvalue weighted by atomic mass is 9.99. The standard InChI is InChI=1S/C29H29BrCl2N4O2/c30-23-8-6-22(18-35-14-12-34(13-15-35)17-20-4-2-1-3-5-20)26(16-23)33-28(37)29(38)36-11-10-24-21(19-36)7-9-25(31)27(24)32/h1-9,16H,10-15,17-19H2,(H,33,37). The summed E-state index contributed by atoms with van der Waals surface area (Å²) < 4.78 is 0.843. The third kappa shape index (κ3) is 6.41. The fraction of sp³-hybridized carbons (Fsp3) is 0.310. The molecule has 0 aromatic heterocycles. The maximum absolute atomic E-state index is 13.1. The quantitative estimate of drug-likeness (QED) is 0.380. The van der Waals surface area contributed by atoms with Crippen molar-refractivity contribution < 1.29 is 9.59 Å². The van der Waals surface area contributed by atoms with E-state index in [4.69, 9.17) is 23.2 Å². The average molecular weight is 616 g/mol. The zero-order valence-electron chi connectivity index (χ0n) is 20.9. The number of carbonyl (C=O) groups is 2. The Kier molecular flexibility index (Phi) is 8.71. The fourth-order valence-electron chi connectivity index (χ4n) is 5.07. The van der Waals surface area contributed by atoms with Crippen LogP contribution in [0.3, 0.4) is 0 Å². The number of anilines is 1. The third-order valence-corrected chi connectivity index (χ3v) is 8.53. The van der Waals surface area contributed by atoms with E-state index in [1.807, 2.05) is 30.3 Å². The Balaban J connectivity index is 1.20. The summed E-state index contributed by atoms with van der Waals surface area (Å²) in [7, 11) is 0. The lowest BCUT2D eigenvalue weighted by Gasteiger charge is -2.35. The predicted molar refractivity (Wildman–Crippen MR) is 155 cm³/mol. The van der Waals surface area contributed by atoms with Gasteiger partial charge in [-0.15, -0.1) is 0 Å². The Labute approximate surface area is 241 Å². The van der Waals surface area contributed by atoms with Crippen LogP contribution in [-0.4, -0.2) is 59.2 Å². The Bertz CT molecular complexity index is 1330. The highest BCUT2D eigenvalue weighted by Gasteiger charge is 2.28. The van der Waals surface area contributed by atoms with Gasteiger partial charge in [0.25, 0.3) is 0 Å². The maximum atomic E-state index is 13.1. The summed E-state index contributed by atoms with van der Waals surface area (Å²) in [5, 5.41) is 3.91. The molecule has 0 saturated carbocycles. The highest BCUT2D eigenvalue weighted by atomic mass is 79.9. The summed E-state index contributed by atoms with van der Waals surface area (Å²) in [4.78, 5) is 32.5. The van der Waals surface area contributed by atoms with Crippen LogP contribution in [-0.2, 0) is 35.6 Å². The summed E-state index contributed by atoms with van der Waals surface area (Å²) in [6.07, 6.45) is 0.562. The van der Waals surface area contributed by atoms with Crippen molar-refractivity contribution in [1.29, 1.82) is 0 Å². The molecule has 0 aliphatic carbocycles. The van der Waals surface area contributed by atoms with Gasteiger partial charge in [0, 0.05) is 62.5 Å². The molecule has 0 unspecified atom stereocenters. The largest absolute Gasteiger partial charge is 0.330 e. The van der Waals surface area contributed by atoms with E-state index in [0.29, 0.717) is 41.8 Å². The minimum absolute atomic E-state index is 0.330. The monoisotopic (exact) mass is 614 g/mol. The second kappa shape index (κ2) is 12.2. The predicted octanol–water partition coefficient (Wildman–Crippen LogP) is 5.60. The molecule has 1 saturated heterocycles. The number of fused-ring (bicyclic) bond motifs is 1. The molecule has 0 spiro atoms. The molecule has 1 fully saturated rings. The van der Waals surface area contributed by atoms with Crippen LogP contribution in [0.5, 0.6) is 0 Å². The molecule has 2 amide bonds. The van der Waals surface area contributed by atoms with Crippen molar-refractivity contribution in [3.8, 4) is 0 Å². The van der Waals surface area contributed by atoms with E-state index in [-0.39, 0.29) is 0 Å². The number of hydrogen-bond donors (Lipinski definition) is 1. The van der Waals surface area contributed by atoms with Crippen LogP contribution < -0.4 is 5.32 Å². The molecule has 6 nitrogen and oxygen atoms in total. The molecule has 0 radical (unpaired) electrons. The first-order valence-corrected chi connectivity index (χ1v) is 14.3. The summed E-state index contributed by atoms with van der Waals surface area (Å²) in [6.45, 7) is 6.25. The van der Waals surface area contributed by atoms with Gasteiger partial charge in [-0.05, 0) is 46.9 Å². The van der Waals surface area contributed by atoms with Crippen molar-refractivity contribution in [1.82, 2.24) is 14.7 Å². The van der Waals surface area contributed by atoms with Gasteiger partial charge in [0.05, 0.1) is 10.0 Å². The Hall–Kier alpha value is -2.42. The Morgan fingerprint density at radius 2 is 1.58 bits per heavy atom. The summed E-state index contributed by atoms with van der Waals surface area (Å²) >= 11 is 16.0. The number of hydrogen-bond acceptors (Lipinski definition) is 4. The van der Waals surface area contributed by atoms with Gasteiger partial charge in [-0.2, -0.15) is 0 Å². The van der Waals surface area contributed by atoms with Gasteiger partial charge in [-0.3, -0.25) is 19.4 Å². The first-order valence-electron chi connectivity index (χ1n) is 12.7. The van der Waals surface area contributed by atoms with Crippen LogP contribution in [0.2, 0.25) is 10.0 Å². The van der Waals surface area contributed by atoms with Crippen LogP contribution in [0.1, 0.15) is 22.3 Å². The highest BCUT2D eigenvalue weighted by molar-refractivity contribution is 9.10. The third-order valence-electron chi connectivity index (χ3n) is 7.20. The lowest BCUT2D eigenvalue weighted by Crippen LogP contribution is -2.45. The molecule has 1 N–H and O–H groups in total. The molecule has 3 aromatic rings. The van der Waals surface area contributed by atoms with Gasteiger partial charge in [0.1, 0.15) is 0 Å². The lowest BCUT2D eigenvalue weighted by molar-refractivity contribution is -0.143. The Morgan fingerprint density at radius 3 is 2.32 bits per heavy atom. The number of nitrogens with zero attached hydrogens (tertiary/aromatic N) is 3. The zero-order valence-corrected chi connectivity index (χ0v) is 24.0. The number of benzene rings is 3. The minimum atomic E-state index is -0.638. The number of halogens is 3. The second-order valence-electron chi connectivity index (χ2n) is 9.77. The summed E-state index contributed by atoms with van der Waals surface area (Å²) in [5.74, 6) is -1.19. The smallest absolute Gasteiger partial charge is 0.313 e. The molecule has 3 aromatic carbocycles. The minimum Gasteiger partial charge on any atom is -0.330 e. The fourth-order valence-corrected chi connectivity index (χ4v) is 5.88. The van der Waals surface area contributed by atoms with Crippen molar-refractivity contribution in [2.24, 2.45) is 0 Å². The highest BCUT2D eigenvalue weighted by Crippen LogP contribution is 2.32. The number of amides is 2. The van der Waals surface area contributed by atoms with E-state index in [1.54, 1.807) is 11.0 Å². The first-order chi connectivity index (χ1) is 18.4. The van der Waals surface area contributed by atoms with E-state index in [0.717, 1.165) is 53.9 Å². The van der Waals surface area contributed by atoms with Crippen LogP contribution in [0.25, 0.3) is 0 Å². The topological polar surface area (TPSA) is 55.9 Å². The normalized spacial score (nSPS) is 16.2. The average Bonchev–Trinajstić information content (AvgIpc) is 2.93. The van der Waals surface area contributed by atoms with Gasteiger partial charge in [-0.25, -0.2) is 0 Å². The van der Waals surface area contributed by atoms with Gasteiger partial charge in [-0.1, -0.05) is 81.6 Å². The van der Waals surface area contributed by atoms with Gasteiger partial charge in [0.15, 0.2) is 0 Å². The Morgan fingerprint density at radius 1 is 0.868 bits per heavy atom. The van der Waals surface area contributed by atoms with Crippen LogP contribution >= 0.6 is 39.1 Å². The van der Waals surface area contributed by atoms with E-state index >= 15 is 0 Å². The molecular formula is C29H29BrCl2N4O2. The van der Waals surface area contributed by atoms with Crippen molar-refractivity contribution in [2.75, 3.05) is 38.0 Å². The molecule has 2 aliphatic heterocycles. The molecule has 2 heterocycles. The second-order valence-corrected chi connectivity index (χ2v) is 11.5. The van der Waals surface area contributed by atoms with Gasteiger partial charge in [0.2, 0.25) is 0 Å². The van der Waals surface area contributed by atoms with E-state index < -0.39 is 11.8 Å². The van der Waals surface area contributed by atoms with Gasteiger partial charge < -0.3 is 10.2 Å². The van der Waals surface area contributed by atoms with Crippen molar-refractivity contribution in [3.63, 3.8) is 0 Å². The molecule has 38 heavy (non-hydrogen) atoms. The zero-order chi connectivity index (χ0) is 26.6. The molecule has 5 rings (SSSR count). The van der Waals surface area contributed by atoms with E-state index in [2.05, 4.69) is 55.3 Å². The number of piperazine rings is 1.